The van der Waals surface area contributed by atoms with Crippen molar-refractivity contribution in [2.45, 2.75) is 6.92 Å². The average Bonchev–Trinajstić information content (AvgIpc) is 2.62. The van der Waals surface area contributed by atoms with E-state index in [1.165, 1.54) is 17.8 Å². The van der Waals surface area contributed by atoms with Crippen molar-refractivity contribution in [1.29, 1.82) is 0 Å². The molecule has 1 saturated heterocycles. The fourth-order valence-corrected chi connectivity index (χ4v) is 2.87. The molecule has 0 atom stereocenters. The van der Waals surface area contributed by atoms with Crippen molar-refractivity contribution in [3.05, 3.63) is 58.1 Å². The van der Waals surface area contributed by atoms with Crippen LogP contribution in [-0.2, 0) is 4.74 Å². The van der Waals surface area contributed by atoms with Gasteiger partial charge in [0.1, 0.15) is 0 Å². The second-order valence-corrected chi connectivity index (χ2v) is 6.28. The first-order valence-corrected chi connectivity index (χ1v) is 8.42. The number of ether oxygens (including phenoxy) is 1. The number of hydrogen-bond acceptors (Lipinski definition) is 4. The van der Waals surface area contributed by atoms with Gasteiger partial charge in [0.15, 0.2) is 0 Å². The quantitative estimate of drug-likeness (QED) is 0.841. The Kier molecular flexibility index (Phi) is 5.36. The predicted octanol–water partition coefficient (Wildman–Crippen LogP) is 3.93. The van der Waals surface area contributed by atoms with Crippen LogP contribution in [0.4, 0.5) is 11.4 Å². The van der Waals surface area contributed by atoms with Gasteiger partial charge in [0.05, 0.1) is 29.5 Å². The van der Waals surface area contributed by atoms with Gasteiger partial charge in [-0.1, -0.05) is 17.7 Å². The zero-order valence-electron chi connectivity index (χ0n) is 13.9. The van der Waals surface area contributed by atoms with Gasteiger partial charge in [-0.25, -0.2) is 4.79 Å². The van der Waals surface area contributed by atoms with Crippen molar-refractivity contribution in [2.24, 2.45) is 4.99 Å². The van der Waals surface area contributed by atoms with Crippen LogP contribution in [0.25, 0.3) is 0 Å². The minimum absolute atomic E-state index is 0.163. The van der Waals surface area contributed by atoms with Gasteiger partial charge in [0, 0.05) is 25.0 Å². The summed E-state index contributed by atoms with van der Waals surface area (Å²) in [5.41, 5.74) is 3.84. The highest BCUT2D eigenvalue weighted by atomic mass is 35.5. The van der Waals surface area contributed by atoms with Crippen LogP contribution in [0.15, 0.2) is 41.4 Å². The number of hydrogen-bond donors (Lipinski definition) is 1. The molecule has 3 rings (SSSR count). The molecule has 1 fully saturated rings. The van der Waals surface area contributed by atoms with Crippen molar-refractivity contribution in [1.82, 2.24) is 0 Å². The summed E-state index contributed by atoms with van der Waals surface area (Å²) >= 11 is 6.11. The number of aryl methyl sites for hydroxylation is 1. The SMILES string of the molecule is Cc1cc(N2CCOCC2)ccc1C=Nc1cc(C(=O)O)ccc1Cl. The second kappa shape index (κ2) is 7.68. The van der Waals surface area contributed by atoms with Crippen LogP contribution in [0.5, 0.6) is 0 Å². The average molecular weight is 359 g/mol. The molecule has 1 aliphatic heterocycles. The topological polar surface area (TPSA) is 62.1 Å². The molecular formula is C19H19ClN2O3. The van der Waals surface area contributed by atoms with Gasteiger partial charge in [-0.15, -0.1) is 0 Å². The fraction of sp³-hybridized carbons (Fsp3) is 0.263. The zero-order chi connectivity index (χ0) is 17.8. The zero-order valence-corrected chi connectivity index (χ0v) is 14.7. The van der Waals surface area contributed by atoms with E-state index in [-0.39, 0.29) is 5.56 Å². The molecule has 1 heterocycles. The number of carbonyl (C=O) groups is 1. The first-order valence-electron chi connectivity index (χ1n) is 8.05. The molecule has 0 unspecified atom stereocenters. The molecule has 0 aliphatic carbocycles. The van der Waals surface area contributed by atoms with E-state index in [1.807, 2.05) is 13.0 Å². The van der Waals surface area contributed by atoms with Crippen LogP contribution < -0.4 is 4.90 Å². The molecule has 6 heteroatoms. The highest BCUT2D eigenvalue weighted by Crippen LogP contribution is 2.26. The summed E-state index contributed by atoms with van der Waals surface area (Å²) in [6.45, 7) is 5.32. The lowest BCUT2D eigenvalue weighted by Crippen LogP contribution is -2.36. The number of aromatic carboxylic acids is 1. The molecule has 0 spiro atoms. The number of benzene rings is 2. The Hall–Kier alpha value is -2.37. The smallest absolute Gasteiger partial charge is 0.335 e. The van der Waals surface area contributed by atoms with Crippen molar-refractivity contribution in [3.8, 4) is 0 Å². The molecule has 0 radical (unpaired) electrons. The number of morpholine rings is 1. The van der Waals surface area contributed by atoms with E-state index in [9.17, 15) is 4.79 Å². The number of nitrogens with zero attached hydrogens (tertiary/aromatic N) is 2. The molecule has 2 aromatic rings. The maximum Gasteiger partial charge on any atom is 0.335 e. The lowest BCUT2D eigenvalue weighted by Gasteiger charge is -2.29. The predicted molar refractivity (Wildman–Crippen MR) is 99.9 cm³/mol. The summed E-state index contributed by atoms with van der Waals surface area (Å²) in [6.07, 6.45) is 1.71. The molecule has 0 aromatic heterocycles. The van der Waals surface area contributed by atoms with Gasteiger partial charge in [-0.05, 0) is 48.4 Å². The minimum Gasteiger partial charge on any atom is -0.478 e. The van der Waals surface area contributed by atoms with Crippen LogP contribution in [0.1, 0.15) is 21.5 Å². The van der Waals surface area contributed by atoms with Crippen LogP contribution >= 0.6 is 11.6 Å². The summed E-state index contributed by atoms with van der Waals surface area (Å²) in [4.78, 5) is 17.7. The van der Waals surface area contributed by atoms with E-state index in [2.05, 4.69) is 22.0 Å². The fourth-order valence-electron chi connectivity index (χ4n) is 2.71. The van der Waals surface area contributed by atoms with Crippen molar-refractivity contribution >= 4 is 35.2 Å². The van der Waals surface area contributed by atoms with Crippen LogP contribution in [0.3, 0.4) is 0 Å². The Balaban J connectivity index is 1.82. The lowest BCUT2D eigenvalue weighted by molar-refractivity contribution is 0.0697. The third-order valence-corrected chi connectivity index (χ3v) is 4.49. The highest BCUT2D eigenvalue weighted by Gasteiger charge is 2.12. The summed E-state index contributed by atoms with van der Waals surface area (Å²) in [7, 11) is 0. The Morgan fingerprint density at radius 1 is 1.24 bits per heavy atom. The molecule has 0 saturated carbocycles. The third kappa shape index (κ3) is 4.18. The number of aliphatic imine (C=N–C) groups is 1. The van der Waals surface area contributed by atoms with Gasteiger partial charge < -0.3 is 14.7 Å². The lowest BCUT2D eigenvalue weighted by atomic mass is 10.1. The molecule has 1 N–H and O–H groups in total. The number of carboxylic acid groups (broad SMARTS) is 1. The Morgan fingerprint density at radius 3 is 2.68 bits per heavy atom. The van der Waals surface area contributed by atoms with E-state index in [4.69, 9.17) is 21.4 Å². The molecular weight excluding hydrogens is 340 g/mol. The van der Waals surface area contributed by atoms with Gasteiger partial charge in [-0.3, -0.25) is 4.99 Å². The Labute approximate surface area is 151 Å². The number of anilines is 1. The first kappa shape index (κ1) is 17.5. The van der Waals surface area contributed by atoms with E-state index >= 15 is 0 Å². The summed E-state index contributed by atoms with van der Waals surface area (Å²) in [6, 6.07) is 10.7. The van der Waals surface area contributed by atoms with Gasteiger partial charge in [-0.2, -0.15) is 0 Å². The summed E-state index contributed by atoms with van der Waals surface area (Å²) < 4.78 is 5.38. The van der Waals surface area contributed by atoms with Gasteiger partial charge in [0.25, 0.3) is 0 Å². The molecule has 0 bridgehead atoms. The van der Waals surface area contributed by atoms with Gasteiger partial charge in [0.2, 0.25) is 0 Å². The summed E-state index contributed by atoms with van der Waals surface area (Å²) in [5.74, 6) is -1.00. The first-order chi connectivity index (χ1) is 12.0. The summed E-state index contributed by atoms with van der Waals surface area (Å²) in [5, 5.41) is 9.50. The Morgan fingerprint density at radius 2 is 2.00 bits per heavy atom. The minimum atomic E-state index is -1.00. The standard InChI is InChI=1S/C19H19ClN2O3/c1-13-10-16(22-6-8-25-9-7-22)4-2-15(13)12-21-18-11-14(19(23)24)3-5-17(18)20/h2-5,10-12H,6-9H2,1H3,(H,23,24). The van der Waals surface area contributed by atoms with E-state index in [1.54, 1.807) is 12.3 Å². The molecule has 2 aromatic carbocycles. The third-order valence-electron chi connectivity index (χ3n) is 4.17. The van der Waals surface area contributed by atoms with Crippen molar-refractivity contribution in [2.75, 3.05) is 31.2 Å². The molecule has 1 aliphatic rings. The Bertz CT molecular complexity index is 814. The van der Waals surface area contributed by atoms with Crippen LogP contribution in [0.2, 0.25) is 5.02 Å². The normalized spacial score (nSPS) is 14.9. The highest BCUT2D eigenvalue weighted by molar-refractivity contribution is 6.33. The van der Waals surface area contributed by atoms with E-state index < -0.39 is 5.97 Å². The number of carboxylic acids is 1. The maximum atomic E-state index is 11.1. The molecule has 130 valence electrons. The molecule has 25 heavy (non-hydrogen) atoms. The largest absolute Gasteiger partial charge is 0.478 e. The number of rotatable bonds is 4. The molecule has 0 amide bonds. The maximum absolute atomic E-state index is 11.1. The van der Waals surface area contributed by atoms with Crippen molar-refractivity contribution in [3.63, 3.8) is 0 Å². The van der Waals surface area contributed by atoms with E-state index in [0.717, 1.165) is 37.4 Å². The van der Waals surface area contributed by atoms with Crippen LogP contribution in [0, 0.1) is 6.92 Å². The van der Waals surface area contributed by atoms with Gasteiger partial charge >= 0.3 is 5.97 Å². The van der Waals surface area contributed by atoms with E-state index in [0.29, 0.717) is 10.7 Å². The second-order valence-electron chi connectivity index (χ2n) is 5.87. The van der Waals surface area contributed by atoms with Crippen LogP contribution in [-0.4, -0.2) is 43.6 Å². The van der Waals surface area contributed by atoms with Crippen molar-refractivity contribution < 1.29 is 14.6 Å². The molecule has 5 nitrogen and oxygen atoms in total. The monoisotopic (exact) mass is 358 g/mol. The number of halogens is 1.